The molecule has 1 N–H and O–H groups in total. The van der Waals surface area contributed by atoms with Gasteiger partial charge in [-0.2, -0.15) is 0 Å². The number of fused-ring (bicyclic) bond motifs is 1. The van der Waals surface area contributed by atoms with Crippen LogP contribution in [-0.2, 0) is 6.42 Å². The fourth-order valence-electron chi connectivity index (χ4n) is 3.93. The lowest BCUT2D eigenvalue weighted by Gasteiger charge is -2.35. The predicted molar refractivity (Wildman–Crippen MR) is 103 cm³/mol. The molecule has 0 radical (unpaired) electrons. The van der Waals surface area contributed by atoms with Crippen molar-refractivity contribution in [3.05, 3.63) is 60.2 Å². The van der Waals surface area contributed by atoms with Crippen LogP contribution in [0.25, 0.3) is 0 Å². The Bertz CT molecular complexity index is 690. The number of quaternary nitrogens is 1. The number of benzene rings is 2. The lowest BCUT2D eigenvalue weighted by atomic mass is 10.1. The summed E-state index contributed by atoms with van der Waals surface area (Å²) in [5.74, 6) is 1.75. The topological polar surface area (TPSA) is 26.1 Å². The van der Waals surface area contributed by atoms with Gasteiger partial charge in [-0.3, -0.25) is 4.90 Å². The van der Waals surface area contributed by atoms with E-state index in [2.05, 4.69) is 35.2 Å². The van der Waals surface area contributed by atoms with Crippen molar-refractivity contribution in [2.75, 3.05) is 45.9 Å². The van der Waals surface area contributed by atoms with E-state index in [1.54, 1.807) is 4.90 Å². The molecular formula is C22H29ClN2O2. The number of nitrogens with zero attached hydrogens (tertiary/aromatic N) is 1. The molecule has 2 aromatic carbocycles. The van der Waals surface area contributed by atoms with Crippen LogP contribution >= 0.6 is 0 Å². The number of para-hydroxylation sites is 2. The van der Waals surface area contributed by atoms with Crippen LogP contribution in [-0.4, -0.2) is 56.9 Å². The second-order valence-electron chi connectivity index (χ2n) is 7.39. The van der Waals surface area contributed by atoms with E-state index in [0.29, 0.717) is 6.61 Å². The van der Waals surface area contributed by atoms with Gasteiger partial charge in [-0.1, -0.05) is 42.5 Å². The van der Waals surface area contributed by atoms with Crippen LogP contribution in [0.5, 0.6) is 11.5 Å². The van der Waals surface area contributed by atoms with Gasteiger partial charge in [0.2, 0.25) is 0 Å². The minimum absolute atomic E-state index is 0. The second kappa shape index (κ2) is 9.98. The number of ether oxygens (including phenoxy) is 2. The summed E-state index contributed by atoms with van der Waals surface area (Å²) in [4.78, 5) is 4.27. The maximum Gasteiger partial charge on any atom is 0.161 e. The molecule has 0 spiro atoms. The number of aryl methyl sites for hydroxylation is 1. The van der Waals surface area contributed by atoms with Gasteiger partial charge in [0.25, 0.3) is 0 Å². The van der Waals surface area contributed by atoms with Gasteiger partial charge in [0.15, 0.2) is 11.5 Å². The van der Waals surface area contributed by atoms with Crippen LogP contribution in [0.15, 0.2) is 54.6 Å². The summed E-state index contributed by atoms with van der Waals surface area (Å²) in [6.07, 6.45) is 2.61. The van der Waals surface area contributed by atoms with Crippen LogP contribution in [0.1, 0.15) is 12.0 Å². The van der Waals surface area contributed by atoms with E-state index < -0.39 is 0 Å². The summed E-state index contributed by atoms with van der Waals surface area (Å²) in [6, 6.07) is 18.8. The van der Waals surface area contributed by atoms with Gasteiger partial charge < -0.3 is 26.8 Å². The zero-order chi connectivity index (χ0) is 17.6. The molecule has 0 aromatic heterocycles. The van der Waals surface area contributed by atoms with E-state index in [4.69, 9.17) is 9.47 Å². The predicted octanol–water partition coefficient (Wildman–Crippen LogP) is -1.34. The van der Waals surface area contributed by atoms with E-state index in [1.807, 2.05) is 24.3 Å². The highest BCUT2D eigenvalue weighted by molar-refractivity contribution is 5.40. The van der Waals surface area contributed by atoms with Gasteiger partial charge >= 0.3 is 0 Å². The molecule has 1 fully saturated rings. The van der Waals surface area contributed by atoms with Crippen LogP contribution in [0.2, 0.25) is 0 Å². The van der Waals surface area contributed by atoms with Crippen molar-refractivity contribution in [1.29, 1.82) is 0 Å². The van der Waals surface area contributed by atoms with Gasteiger partial charge in [-0.05, 0) is 24.1 Å². The number of hydrogen-bond acceptors (Lipinski definition) is 3. The van der Waals surface area contributed by atoms with Crippen LogP contribution in [0.4, 0.5) is 0 Å². The van der Waals surface area contributed by atoms with Gasteiger partial charge in [0.05, 0.1) is 19.6 Å². The van der Waals surface area contributed by atoms with Crippen molar-refractivity contribution in [2.45, 2.75) is 18.9 Å². The van der Waals surface area contributed by atoms with E-state index in [9.17, 15) is 0 Å². The molecule has 1 atom stereocenters. The second-order valence-corrected chi connectivity index (χ2v) is 7.39. The molecule has 0 saturated carbocycles. The third kappa shape index (κ3) is 5.61. The largest absolute Gasteiger partial charge is 1.00 e. The maximum atomic E-state index is 6.10. The van der Waals surface area contributed by atoms with Crippen molar-refractivity contribution in [3.63, 3.8) is 0 Å². The van der Waals surface area contributed by atoms with Crippen LogP contribution in [0, 0.1) is 0 Å². The summed E-state index contributed by atoms with van der Waals surface area (Å²) in [7, 11) is 0. The van der Waals surface area contributed by atoms with Gasteiger partial charge in [0, 0.05) is 26.1 Å². The summed E-state index contributed by atoms with van der Waals surface area (Å²) >= 11 is 0. The summed E-state index contributed by atoms with van der Waals surface area (Å²) < 4.78 is 11.9. The molecule has 2 aliphatic heterocycles. The molecule has 27 heavy (non-hydrogen) atoms. The molecule has 0 amide bonds. The van der Waals surface area contributed by atoms with E-state index in [-0.39, 0.29) is 18.5 Å². The Morgan fingerprint density at radius 2 is 1.63 bits per heavy atom. The smallest absolute Gasteiger partial charge is 0.161 e. The minimum Gasteiger partial charge on any atom is -1.00 e. The van der Waals surface area contributed by atoms with E-state index >= 15 is 0 Å². The normalized spacial score (nSPS) is 20.1. The van der Waals surface area contributed by atoms with Crippen LogP contribution < -0.4 is 26.8 Å². The van der Waals surface area contributed by atoms with Gasteiger partial charge in [-0.15, -0.1) is 0 Å². The Morgan fingerprint density at radius 1 is 0.926 bits per heavy atom. The number of hydrogen-bond donors (Lipinski definition) is 1. The zero-order valence-corrected chi connectivity index (χ0v) is 16.5. The first-order valence-electron chi connectivity index (χ1n) is 9.85. The molecule has 146 valence electrons. The molecule has 4 rings (SSSR count). The molecule has 2 aliphatic rings. The SMILES string of the molecule is [Cl-].c1ccc(CCC[NH+]2CCN(CC3COc4ccccc4O3)CC2)cc1. The summed E-state index contributed by atoms with van der Waals surface area (Å²) in [5.41, 5.74) is 1.46. The van der Waals surface area contributed by atoms with Crippen molar-refractivity contribution < 1.29 is 26.8 Å². The maximum absolute atomic E-state index is 6.10. The summed E-state index contributed by atoms with van der Waals surface area (Å²) in [6.45, 7) is 7.67. The average Bonchev–Trinajstić information content (AvgIpc) is 2.70. The Kier molecular flexibility index (Phi) is 7.39. The van der Waals surface area contributed by atoms with Crippen molar-refractivity contribution >= 4 is 0 Å². The quantitative estimate of drug-likeness (QED) is 0.663. The standard InChI is InChI=1S/C22H28N2O2.ClH/c1-2-7-19(8-3-1)9-6-12-23-13-15-24(16-14-23)17-20-18-25-21-10-4-5-11-22(21)26-20;/h1-5,7-8,10-11,20H,6,9,12-18H2;1H. The molecule has 1 unspecified atom stereocenters. The van der Waals surface area contributed by atoms with Crippen molar-refractivity contribution in [3.8, 4) is 11.5 Å². The zero-order valence-electron chi connectivity index (χ0n) is 15.8. The first kappa shape index (κ1) is 20.0. The number of rotatable bonds is 6. The van der Waals surface area contributed by atoms with Crippen molar-refractivity contribution in [1.82, 2.24) is 4.90 Å². The Hall–Kier alpha value is -1.75. The lowest BCUT2D eigenvalue weighted by Crippen LogP contribution is -3.14. The fraction of sp³-hybridized carbons (Fsp3) is 0.455. The van der Waals surface area contributed by atoms with Crippen LogP contribution in [0.3, 0.4) is 0 Å². The third-order valence-electron chi connectivity index (χ3n) is 5.43. The molecule has 1 saturated heterocycles. The van der Waals surface area contributed by atoms with E-state index in [1.165, 1.54) is 38.0 Å². The molecule has 0 aliphatic carbocycles. The monoisotopic (exact) mass is 388 g/mol. The Balaban J connectivity index is 0.00000210. The highest BCUT2D eigenvalue weighted by Crippen LogP contribution is 2.30. The van der Waals surface area contributed by atoms with Crippen molar-refractivity contribution in [2.24, 2.45) is 0 Å². The molecule has 4 nitrogen and oxygen atoms in total. The van der Waals surface area contributed by atoms with Gasteiger partial charge in [0.1, 0.15) is 12.7 Å². The number of halogens is 1. The molecule has 2 aromatic rings. The molecule has 2 heterocycles. The third-order valence-corrected chi connectivity index (χ3v) is 5.43. The summed E-state index contributed by atoms with van der Waals surface area (Å²) in [5, 5.41) is 0. The highest BCUT2D eigenvalue weighted by Gasteiger charge is 2.26. The molecule has 0 bridgehead atoms. The fourth-order valence-corrected chi connectivity index (χ4v) is 3.93. The Morgan fingerprint density at radius 3 is 2.41 bits per heavy atom. The number of piperazine rings is 1. The molecular weight excluding hydrogens is 360 g/mol. The average molecular weight is 389 g/mol. The first-order chi connectivity index (χ1) is 12.9. The minimum atomic E-state index is 0. The first-order valence-corrected chi connectivity index (χ1v) is 9.85. The van der Waals surface area contributed by atoms with E-state index in [0.717, 1.165) is 31.1 Å². The molecule has 5 heteroatoms. The lowest BCUT2D eigenvalue weighted by molar-refractivity contribution is -0.904. The number of nitrogens with one attached hydrogen (secondary N) is 1. The highest BCUT2D eigenvalue weighted by atomic mass is 35.5. The Labute approximate surface area is 168 Å². The van der Waals surface area contributed by atoms with Gasteiger partial charge in [-0.25, -0.2) is 0 Å².